The predicted molar refractivity (Wildman–Crippen MR) is 91.8 cm³/mol. The van der Waals surface area contributed by atoms with Crippen molar-refractivity contribution in [2.45, 2.75) is 25.3 Å². The van der Waals surface area contributed by atoms with E-state index in [1.807, 2.05) is 4.90 Å². The molecule has 25 heavy (non-hydrogen) atoms. The summed E-state index contributed by atoms with van der Waals surface area (Å²) in [5, 5.41) is 6.61. The minimum absolute atomic E-state index is 0.0269. The first-order valence-corrected chi connectivity index (χ1v) is 8.33. The normalized spacial score (nSPS) is 17.6. The minimum Gasteiger partial charge on any atom is -0.322 e. The Labute approximate surface area is 145 Å². The maximum absolute atomic E-state index is 13.6. The van der Waals surface area contributed by atoms with Crippen molar-refractivity contribution in [3.05, 3.63) is 48.0 Å². The lowest BCUT2D eigenvalue weighted by molar-refractivity contribution is -0.117. The number of amides is 1. The molecule has 1 aromatic heterocycles. The fourth-order valence-electron chi connectivity index (χ4n) is 3.17. The van der Waals surface area contributed by atoms with Gasteiger partial charge < -0.3 is 5.32 Å². The Bertz CT molecular complexity index is 774. The number of para-hydroxylation sites is 1. The maximum atomic E-state index is 13.6. The lowest BCUT2D eigenvalue weighted by Gasteiger charge is -2.23. The van der Waals surface area contributed by atoms with E-state index in [4.69, 9.17) is 0 Å². The van der Waals surface area contributed by atoms with E-state index >= 15 is 0 Å². The predicted octanol–water partition coefficient (Wildman–Crippen LogP) is 2.24. The van der Waals surface area contributed by atoms with Gasteiger partial charge >= 0.3 is 0 Å². The molecule has 7 heteroatoms. The molecule has 6 nitrogen and oxygen atoms in total. The molecule has 1 saturated heterocycles. The lowest BCUT2D eigenvalue weighted by Crippen LogP contribution is -2.38. The number of hydrogen-bond acceptors (Lipinski definition) is 4. The van der Waals surface area contributed by atoms with Crippen molar-refractivity contribution < 1.29 is 14.0 Å². The number of ketones is 1. The molecule has 1 amide bonds. The molecule has 1 aromatic carbocycles. The fourth-order valence-corrected chi connectivity index (χ4v) is 3.17. The summed E-state index contributed by atoms with van der Waals surface area (Å²) >= 11 is 0. The monoisotopic (exact) mass is 344 g/mol. The van der Waals surface area contributed by atoms with Crippen LogP contribution in [0.1, 0.15) is 29.6 Å². The number of likely N-dealkylation sites (tertiary alicyclic amines) is 1. The average molecular weight is 344 g/mol. The first-order chi connectivity index (χ1) is 12.0. The SMILES string of the molecule is Cn1cc(C(=O)CC2CCCN2CC(=O)Nc2ccccc2F)cn1. The van der Waals surface area contributed by atoms with Gasteiger partial charge in [0, 0.05) is 25.7 Å². The minimum atomic E-state index is -0.458. The van der Waals surface area contributed by atoms with E-state index < -0.39 is 5.82 Å². The summed E-state index contributed by atoms with van der Waals surface area (Å²) in [7, 11) is 1.77. The highest BCUT2D eigenvalue weighted by molar-refractivity contribution is 5.96. The second-order valence-electron chi connectivity index (χ2n) is 6.32. The van der Waals surface area contributed by atoms with Crippen molar-refractivity contribution in [2.24, 2.45) is 7.05 Å². The molecule has 1 atom stereocenters. The number of aryl methyl sites for hydroxylation is 1. The Kier molecular flexibility index (Phi) is 5.23. The lowest BCUT2D eigenvalue weighted by atomic mass is 10.0. The topological polar surface area (TPSA) is 67.2 Å². The number of rotatable bonds is 6. The van der Waals surface area contributed by atoms with Gasteiger partial charge in [0.15, 0.2) is 5.78 Å². The van der Waals surface area contributed by atoms with Crippen LogP contribution in [0.2, 0.25) is 0 Å². The van der Waals surface area contributed by atoms with Crippen molar-refractivity contribution in [3.63, 3.8) is 0 Å². The molecule has 132 valence electrons. The molecule has 1 aliphatic heterocycles. The summed E-state index contributed by atoms with van der Waals surface area (Å²) in [6.45, 7) is 0.912. The molecule has 3 rings (SSSR count). The van der Waals surface area contributed by atoms with E-state index in [-0.39, 0.29) is 30.0 Å². The first-order valence-electron chi connectivity index (χ1n) is 8.33. The molecular weight excluding hydrogens is 323 g/mol. The Morgan fingerprint density at radius 1 is 1.36 bits per heavy atom. The van der Waals surface area contributed by atoms with Crippen LogP contribution in [0, 0.1) is 5.82 Å². The largest absolute Gasteiger partial charge is 0.322 e. The first kappa shape index (κ1) is 17.3. The molecule has 1 aliphatic rings. The highest BCUT2D eigenvalue weighted by atomic mass is 19.1. The third-order valence-electron chi connectivity index (χ3n) is 4.44. The van der Waals surface area contributed by atoms with Crippen molar-refractivity contribution in [1.29, 1.82) is 0 Å². The van der Waals surface area contributed by atoms with Gasteiger partial charge in [-0.3, -0.25) is 19.2 Å². The quantitative estimate of drug-likeness (QED) is 0.816. The van der Waals surface area contributed by atoms with E-state index in [2.05, 4.69) is 10.4 Å². The zero-order chi connectivity index (χ0) is 17.8. The van der Waals surface area contributed by atoms with Crippen LogP contribution in [0.25, 0.3) is 0 Å². The third-order valence-corrected chi connectivity index (χ3v) is 4.44. The summed E-state index contributed by atoms with van der Waals surface area (Å²) in [5.41, 5.74) is 0.764. The smallest absolute Gasteiger partial charge is 0.238 e. The van der Waals surface area contributed by atoms with Gasteiger partial charge in [0.1, 0.15) is 5.82 Å². The van der Waals surface area contributed by atoms with Crippen molar-refractivity contribution in [1.82, 2.24) is 14.7 Å². The van der Waals surface area contributed by atoms with Crippen LogP contribution in [0.3, 0.4) is 0 Å². The molecule has 2 heterocycles. The van der Waals surface area contributed by atoms with Crippen LogP contribution >= 0.6 is 0 Å². The van der Waals surface area contributed by atoms with Crippen molar-refractivity contribution >= 4 is 17.4 Å². The highest BCUT2D eigenvalue weighted by Crippen LogP contribution is 2.22. The number of benzene rings is 1. The Hall–Kier alpha value is -2.54. The van der Waals surface area contributed by atoms with Gasteiger partial charge in [-0.2, -0.15) is 5.10 Å². The molecule has 1 fully saturated rings. The van der Waals surface area contributed by atoms with Gasteiger partial charge in [0.25, 0.3) is 0 Å². The molecule has 2 aromatic rings. The number of halogens is 1. The van der Waals surface area contributed by atoms with Gasteiger partial charge in [0.05, 0.1) is 24.0 Å². The van der Waals surface area contributed by atoms with Gasteiger partial charge in [-0.15, -0.1) is 0 Å². The summed E-state index contributed by atoms with van der Waals surface area (Å²) < 4.78 is 15.2. The fraction of sp³-hybridized carbons (Fsp3) is 0.389. The number of carbonyl (C=O) groups excluding carboxylic acids is 2. The van der Waals surface area contributed by atoms with E-state index in [1.165, 1.54) is 12.1 Å². The summed E-state index contributed by atoms with van der Waals surface area (Å²) in [6, 6.07) is 6.11. The maximum Gasteiger partial charge on any atom is 0.238 e. The number of nitrogens with zero attached hydrogens (tertiary/aromatic N) is 3. The zero-order valence-corrected chi connectivity index (χ0v) is 14.1. The Morgan fingerprint density at radius 2 is 2.16 bits per heavy atom. The van der Waals surface area contributed by atoms with Crippen molar-refractivity contribution in [2.75, 3.05) is 18.4 Å². The third kappa shape index (κ3) is 4.30. The number of anilines is 1. The zero-order valence-electron chi connectivity index (χ0n) is 14.1. The average Bonchev–Trinajstić information content (AvgIpc) is 3.19. The van der Waals surface area contributed by atoms with E-state index in [1.54, 1.807) is 36.3 Å². The highest BCUT2D eigenvalue weighted by Gasteiger charge is 2.28. The second kappa shape index (κ2) is 7.57. The molecule has 1 unspecified atom stereocenters. The van der Waals surface area contributed by atoms with Crippen LogP contribution in [-0.4, -0.2) is 45.5 Å². The summed E-state index contributed by atoms with van der Waals surface area (Å²) in [4.78, 5) is 26.5. The van der Waals surface area contributed by atoms with E-state index in [0.29, 0.717) is 12.0 Å². The number of carbonyl (C=O) groups is 2. The standard InChI is InChI=1S/C18H21FN4O2/c1-22-11-13(10-20-22)17(24)9-14-5-4-8-23(14)12-18(25)21-16-7-3-2-6-15(16)19/h2-3,6-7,10-11,14H,4-5,8-9,12H2,1H3,(H,21,25). The summed E-state index contributed by atoms with van der Waals surface area (Å²) in [6.07, 6.45) is 5.44. The van der Waals surface area contributed by atoms with Crippen LogP contribution in [0.5, 0.6) is 0 Å². The number of Topliss-reactive ketones (excluding diaryl/α,β-unsaturated/α-hetero) is 1. The molecule has 0 aliphatic carbocycles. The van der Waals surface area contributed by atoms with Crippen LogP contribution in [0.15, 0.2) is 36.7 Å². The van der Waals surface area contributed by atoms with Crippen molar-refractivity contribution in [3.8, 4) is 0 Å². The van der Waals surface area contributed by atoms with Gasteiger partial charge in [-0.25, -0.2) is 4.39 Å². The molecular formula is C18H21FN4O2. The molecule has 0 spiro atoms. The number of nitrogens with one attached hydrogen (secondary N) is 1. The second-order valence-corrected chi connectivity index (χ2v) is 6.32. The van der Waals surface area contributed by atoms with Crippen LogP contribution < -0.4 is 5.32 Å². The molecule has 0 radical (unpaired) electrons. The van der Waals surface area contributed by atoms with Gasteiger partial charge in [-0.05, 0) is 31.5 Å². The van der Waals surface area contributed by atoms with Gasteiger partial charge in [0.2, 0.25) is 5.91 Å². The van der Waals surface area contributed by atoms with Crippen LogP contribution in [0.4, 0.5) is 10.1 Å². The summed E-state index contributed by atoms with van der Waals surface area (Å²) in [5.74, 6) is -0.703. The Balaban J connectivity index is 1.57. The van der Waals surface area contributed by atoms with E-state index in [9.17, 15) is 14.0 Å². The number of aromatic nitrogens is 2. The number of hydrogen-bond donors (Lipinski definition) is 1. The molecule has 0 saturated carbocycles. The van der Waals surface area contributed by atoms with Gasteiger partial charge in [-0.1, -0.05) is 12.1 Å². The molecule has 0 bridgehead atoms. The van der Waals surface area contributed by atoms with Crippen LogP contribution in [-0.2, 0) is 11.8 Å². The molecule has 1 N–H and O–H groups in total. The van der Waals surface area contributed by atoms with E-state index in [0.717, 1.165) is 19.4 Å². The Morgan fingerprint density at radius 3 is 2.88 bits per heavy atom.